The maximum atomic E-state index is 12.5. The number of amides is 1. The summed E-state index contributed by atoms with van der Waals surface area (Å²) in [7, 11) is 0. The number of hydrogen-bond acceptors (Lipinski definition) is 6. The number of rotatable bonds is 4. The van der Waals surface area contributed by atoms with Crippen molar-refractivity contribution in [3.8, 4) is 0 Å². The van der Waals surface area contributed by atoms with Crippen LogP contribution in [-0.4, -0.2) is 46.3 Å². The van der Waals surface area contributed by atoms with Crippen LogP contribution >= 0.6 is 0 Å². The number of aliphatic carboxylic acids is 1. The third-order valence-corrected chi connectivity index (χ3v) is 4.17. The number of esters is 1. The van der Waals surface area contributed by atoms with Crippen LogP contribution in [0.3, 0.4) is 0 Å². The topological polar surface area (TPSA) is 119 Å². The molecule has 1 amide bonds. The summed E-state index contributed by atoms with van der Waals surface area (Å²) in [6.45, 7) is 4.90. The summed E-state index contributed by atoms with van der Waals surface area (Å²) < 4.78 is 10.4. The van der Waals surface area contributed by atoms with E-state index in [2.05, 4.69) is 0 Å². The quantitative estimate of drug-likeness (QED) is 0.617. The molecule has 1 aromatic carbocycles. The minimum Gasteiger partial charge on any atom is -0.480 e. The van der Waals surface area contributed by atoms with E-state index in [1.165, 1.54) is 0 Å². The minimum atomic E-state index is -2.01. The summed E-state index contributed by atoms with van der Waals surface area (Å²) in [5.41, 5.74) is 3.89. The van der Waals surface area contributed by atoms with Crippen LogP contribution in [0.15, 0.2) is 30.3 Å². The Labute approximate surface area is 151 Å². The van der Waals surface area contributed by atoms with Crippen LogP contribution in [0.2, 0.25) is 0 Å². The molecule has 1 saturated heterocycles. The summed E-state index contributed by atoms with van der Waals surface area (Å²) >= 11 is 0. The fourth-order valence-corrected chi connectivity index (χ4v) is 2.77. The van der Waals surface area contributed by atoms with Gasteiger partial charge in [0.05, 0.1) is 0 Å². The summed E-state index contributed by atoms with van der Waals surface area (Å²) in [6, 6.07) is 9.04. The highest BCUT2D eigenvalue weighted by Gasteiger charge is 2.60. The first-order chi connectivity index (χ1) is 12.1. The molecule has 1 aromatic rings. The average Bonchev–Trinajstić information content (AvgIpc) is 2.90. The fourth-order valence-electron chi connectivity index (χ4n) is 2.77. The molecule has 0 aliphatic carbocycles. The van der Waals surface area contributed by atoms with E-state index >= 15 is 0 Å². The van der Waals surface area contributed by atoms with Gasteiger partial charge >= 0.3 is 18.0 Å². The molecular weight excluding hydrogens is 340 g/mol. The van der Waals surface area contributed by atoms with Crippen LogP contribution in [-0.2, 0) is 25.7 Å². The number of likely N-dealkylation sites (tertiary alicyclic amines) is 1. The Balaban J connectivity index is 2.12. The highest BCUT2D eigenvalue weighted by atomic mass is 16.6. The maximum Gasteiger partial charge on any atom is 0.411 e. The van der Waals surface area contributed by atoms with Gasteiger partial charge in [-0.25, -0.2) is 4.79 Å². The molecule has 1 fully saturated rings. The van der Waals surface area contributed by atoms with E-state index in [4.69, 9.17) is 15.2 Å². The molecule has 8 nitrogen and oxygen atoms in total. The van der Waals surface area contributed by atoms with Gasteiger partial charge in [-0.3, -0.25) is 14.5 Å². The molecule has 0 radical (unpaired) electrons. The maximum absolute atomic E-state index is 12.5. The molecular formula is C18H24N2O6. The smallest absolute Gasteiger partial charge is 0.411 e. The predicted molar refractivity (Wildman–Crippen MR) is 91.8 cm³/mol. The summed E-state index contributed by atoms with van der Waals surface area (Å²) in [5, 5.41) is 9.65. The lowest BCUT2D eigenvalue weighted by atomic mass is 9.84. The molecule has 8 heteroatoms. The van der Waals surface area contributed by atoms with Gasteiger partial charge in [-0.1, -0.05) is 30.3 Å². The zero-order valence-corrected chi connectivity index (χ0v) is 15.1. The molecule has 2 atom stereocenters. The summed E-state index contributed by atoms with van der Waals surface area (Å²) in [4.78, 5) is 37.8. The second-order valence-electron chi connectivity index (χ2n) is 7.21. The van der Waals surface area contributed by atoms with Crippen molar-refractivity contribution in [1.29, 1.82) is 0 Å². The first-order valence-electron chi connectivity index (χ1n) is 8.27. The van der Waals surface area contributed by atoms with Crippen LogP contribution in [0.4, 0.5) is 4.79 Å². The van der Waals surface area contributed by atoms with Gasteiger partial charge in [-0.15, -0.1) is 0 Å². The Morgan fingerprint density at radius 2 is 1.88 bits per heavy atom. The van der Waals surface area contributed by atoms with Gasteiger partial charge in [-0.2, -0.15) is 0 Å². The first kappa shape index (κ1) is 19.7. The lowest BCUT2D eigenvalue weighted by Gasteiger charge is -2.32. The summed E-state index contributed by atoms with van der Waals surface area (Å²) in [5.74, 6) is -2.37. The molecule has 1 heterocycles. The lowest BCUT2D eigenvalue weighted by molar-refractivity contribution is -0.178. The average molecular weight is 364 g/mol. The molecule has 0 aromatic heterocycles. The van der Waals surface area contributed by atoms with Crippen molar-refractivity contribution in [3.63, 3.8) is 0 Å². The molecule has 142 valence electrons. The largest absolute Gasteiger partial charge is 0.480 e. The molecule has 3 N–H and O–H groups in total. The number of nitrogens with zero attached hydrogens (tertiary/aromatic N) is 1. The number of carbonyl (C=O) groups excluding carboxylic acids is 2. The number of benzene rings is 1. The molecule has 0 bridgehead atoms. The number of carboxylic acids is 1. The second kappa shape index (κ2) is 7.33. The molecule has 0 spiro atoms. The zero-order chi connectivity index (χ0) is 19.5. The van der Waals surface area contributed by atoms with Gasteiger partial charge in [0.25, 0.3) is 0 Å². The van der Waals surface area contributed by atoms with Gasteiger partial charge in [0.15, 0.2) is 5.41 Å². The number of nitrogens with two attached hydrogens (primary N) is 1. The van der Waals surface area contributed by atoms with E-state index in [1.54, 1.807) is 32.9 Å². The summed E-state index contributed by atoms with van der Waals surface area (Å²) in [6.07, 6.45) is -2.29. The Morgan fingerprint density at radius 1 is 1.27 bits per heavy atom. The molecule has 0 saturated carbocycles. The Morgan fingerprint density at radius 3 is 2.42 bits per heavy atom. The standard InChI is InChI=1S/C18H24N2O6/c1-17(2,3)26-15(23)18(14(21)22)9-10-20(13(18)19)16(24)25-11-12-7-5-4-6-8-12/h4-8,13H,9-11,19H2,1-3H3,(H,21,22)/t13-,18+/m1/s1. The van der Waals surface area contributed by atoms with E-state index in [9.17, 15) is 19.5 Å². The normalized spacial score (nSPS) is 22.8. The van der Waals surface area contributed by atoms with E-state index in [0.717, 1.165) is 10.5 Å². The van der Waals surface area contributed by atoms with E-state index in [-0.39, 0.29) is 19.6 Å². The van der Waals surface area contributed by atoms with Crippen LogP contribution in [0.1, 0.15) is 32.8 Å². The van der Waals surface area contributed by atoms with E-state index in [0.29, 0.717) is 0 Å². The highest BCUT2D eigenvalue weighted by molar-refractivity contribution is 6.01. The number of ether oxygens (including phenoxy) is 2. The molecule has 1 aliphatic heterocycles. The molecule has 1 aliphatic rings. The molecule has 26 heavy (non-hydrogen) atoms. The Kier molecular flexibility index (Phi) is 5.56. The predicted octanol–water partition coefficient (Wildman–Crippen LogP) is 1.73. The van der Waals surface area contributed by atoms with Crippen LogP contribution < -0.4 is 5.73 Å². The van der Waals surface area contributed by atoms with Crippen molar-refractivity contribution in [2.45, 2.75) is 45.6 Å². The minimum absolute atomic E-state index is 0.0136. The number of hydrogen-bond donors (Lipinski definition) is 2. The lowest BCUT2D eigenvalue weighted by Crippen LogP contribution is -2.57. The fraction of sp³-hybridized carbons (Fsp3) is 0.500. The Hall–Kier alpha value is -2.61. The van der Waals surface area contributed by atoms with Gasteiger partial charge in [0, 0.05) is 6.54 Å². The van der Waals surface area contributed by atoms with Crippen LogP contribution in [0.5, 0.6) is 0 Å². The van der Waals surface area contributed by atoms with Crippen LogP contribution in [0, 0.1) is 5.41 Å². The van der Waals surface area contributed by atoms with Gasteiger partial charge in [0.2, 0.25) is 0 Å². The van der Waals surface area contributed by atoms with E-state index in [1.807, 2.05) is 18.2 Å². The second-order valence-corrected chi connectivity index (χ2v) is 7.21. The van der Waals surface area contributed by atoms with Gasteiger partial charge in [0.1, 0.15) is 18.4 Å². The third kappa shape index (κ3) is 3.96. The van der Waals surface area contributed by atoms with Crippen molar-refractivity contribution >= 4 is 18.0 Å². The monoisotopic (exact) mass is 364 g/mol. The zero-order valence-electron chi connectivity index (χ0n) is 15.1. The van der Waals surface area contributed by atoms with Crippen molar-refractivity contribution in [1.82, 2.24) is 4.90 Å². The van der Waals surface area contributed by atoms with Crippen molar-refractivity contribution < 1.29 is 29.0 Å². The number of carbonyl (C=O) groups is 3. The number of carboxylic acid groups (broad SMARTS) is 1. The van der Waals surface area contributed by atoms with Gasteiger partial charge in [-0.05, 0) is 32.8 Å². The third-order valence-electron chi connectivity index (χ3n) is 4.17. The SMILES string of the molecule is CC(C)(C)OC(=O)[C@@]1(C(=O)O)CCN(C(=O)OCc2ccccc2)[C@H]1N. The molecule has 2 rings (SSSR count). The highest BCUT2D eigenvalue weighted by Crippen LogP contribution is 2.37. The van der Waals surface area contributed by atoms with Crippen molar-refractivity contribution in [2.24, 2.45) is 11.1 Å². The van der Waals surface area contributed by atoms with Crippen molar-refractivity contribution in [2.75, 3.05) is 6.54 Å². The Bertz CT molecular complexity index is 685. The van der Waals surface area contributed by atoms with E-state index < -0.39 is 35.2 Å². The molecule has 0 unspecified atom stereocenters. The van der Waals surface area contributed by atoms with Crippen LogP contribution in [0.25, 0.3) is 0 Å². The first-order valence-corrected chi connectivity index (χ1v) is 8.27. The van der Waals surface area contributed by atoms with Gasteiger partial charge < -0.3 is 20.3 Å². The van der Waals surface area contributed by atoms with Crippen molar-refractivity contribution in [3.05, 3.63) is 35.9 Å².